The summed E-state index contributed by atoms with van der Waals surface area (Å²) in [6.45, 7) is 3.98. The molecule has 0 aliphatic heterocycles. The molecule has 26 heavy (non-hydrogen) atoms. The molecular formula is C19H18FN3O2S. The van der Waals surface area contributed by atoms with Crippen molar-refractivity contribution in [1.82, 2.24) is 15.2 Å². The first-order valence-corrected chi connectivity index (χ1v) is 9.13. The number of ketones is 1. The van der Waals surface area contributed by atoms with Crippen LogP contribution in [0.3, 0.4) is 0 Å². The molecule has 0 saturated carbocycles. The average Bonchev–Trinajstić information content (AvgIpc) is 3.10. The van der Waals surface area contributed by atoms with Gasteiger partial charge in [-0.25, -0.2) is 9.37 Å². The van der Waals surface area contributed by atoms with E-state index in [1.54, 1.807) is 30.3 Å². The van der Waals surface area contributed by atoms with Crippen molar-refractivity contribution in [2.75, 3.05) is 6.61 Å². The molecule has 2 aromatic carbocycles. The average molecular weight is 371 g/mol. The summed E-state index contributed by atoms with van der Waals surface area (Å²) in [5.74, 6) is 1.29. The number of carbonyl (C=O) groups excluding carboxylic acids is 1. The fourth-order valence-corrected chi connectivity index (χ4v) is 3.21. The number of aromatic amines is 1. The minimum atomic E-state index is -0.354. The smallest absolute Gasteiger partial charge is 0.209 e. The summed E-state index contributed by atoms with van der Waals surface area (Å²) < 4.78 is 19.5. The fourth-order valence-electron chi connectivity index (χ4n) is 2.43. The van der Waals surface area contributed by atoms with Gasteiger partial charge in [-0.05, 0) is 44.2 Å². The Kier molecular flexibility index (Phi) is 5.68. The number of hydrogen-bond donors (Lipinski definition) is 1. The number of nitrogens with zero attached hydrogens (tertiary/aromatic N) is 2. The van der Waals surface area contributed by atoms with E-state index in [1.165, 1.54) is 24.8 Å². The molecule has 1 aromatic heterocycles. The minimum absolute atomic E-state index is 0.000896. The van der Waals surface area contributed by atoms with Crippen molar-refractivity contribution >= 4 is 17.5 Å². The van der Waals surface area contributed by atoms with Gasteiger partial charge >= 0.3 is 0 Å². The highest BCUT2D eigenvalue weighted by Gasteiger charge is 2.12. The van der Waals surface area contributed by atoms with Crippen molar-refractivity contribution in [3.8, 4) is 17.1 Å². The Hall–Kier alpha value is -2.67. The van der Waals surface area contributed by atoms with Crippen LogP contribution in [0.1, 0.15) is 29.8 Å². The van der Waals surface area contributed by atoms with Gasteiger partial charge in [0.15, 0.2) is 11.6 Å². The van der Waals surface area contributed by atoms with Crippen LogP contribution in [0.15, 0.2) is 47.6 Å². The van der Waals surface area contributed by atoms with Crippen LogP contribution in [0.2, 0.25) is 0 Å². The van der Waals surface area contributed by atoms with Gasteiger partial charge in [0.2, 0.25) is 5.16 Å². The molecule has 0 aliphatic rings. The van der Waals surface area contributed by atoms with Crippen molar-refractivity contribution in [2.24, 2.45) is 0 Å². The standard InChI is InChI=1S/C19H18FN3O2S/c1-3-25-17-9-8-13(12(2)24)10-14(17)11-26-19-21-18(22-23-19)15-6-4-5-7-16(15)20/h4-10H,3,11H2,1-2H3,(H,21,22,23). The monoisotopic (exact) mass is 371 g/mol. The molecule has 7 heteroatoms. The fraction of sp³-hybridized carbons (Fsp3) is 0.211. The number of carbonyl (C=O) groups is 1. The molecule has 3 aromatic rings. The van der Waals surface area contributed by atoms with Gasteiger partial charge in [-0.2, -0.15) is 0 Å². The molecule has 1 N–H and O–H groups in total. The molecule has 0 unspecified atom stereocenters. The summed E-state index contributed by atoms with van der Waals surface area (Å²) in [7, 11) is 0. The van der Waals surface area contributed by atoms with Crippen LogP contribution in [0, 0.1) is 5.82 Å². The Bertz CT molecular complexity index is 927. The quantitative estimate of drug-likeness (QED) is 0.489. The lowest BCUT2D eigenvalue weighted by atomic mass is 10.1. The number of benzene rings is 2. The lowest BCUT2D eigenvalue weighted by Crippen LogP contribution is -1.99. The predicted molar refractivity (Wildman–Crippen MR) is 99.0 cm³/mol. The molecule has 0 aliphatic carbocycles. The molecular weight excluding hydrogens is 353 g/mol. The lowest BCUT2D eigenvalue weighted by molar-refractivity contribution is 0.101. The van der Waals surface area contributed by atoms with Crippen molar-refractivity contribution in [3.63, 3.8) is 0 Å². The summed E-state index contributed by atoms with van der Waals surface area (Å²) >= 11 is 1.39. The van der Waals surface area contributed by atoms with E-state index in [0.29, 0.717) is 34.5 Å². The molecule has 134 valence electrons. The Morgan fingerprint density at radius 1 is 1.27 bits per heavy atom. The number of ether oxygens (including phenoxy) is 1. The number of H-pyrrole nitrogens is 1. The maximum atomic E-state index is 13.9. The van der Waals surface area contributed by atoms with Crippen molar-refractivity contribution < 1.29 is 13.9 Å². The van der Waals surface area contributed by atoms with E-state index in [9.17, 15) is 9.18 Å². The van der Waals surface area contributed by atoms with Gasteiger partial charge in [0, 0.05) is 16.9 Å². The molecule has 0 amide bonds. The van der Waals surface area contributed by atoms with E-state index in [4.69, 9.17) is 4.74 Å². The zero-order chi connectivity index (χ0) is 18.5. The van der Waals surface area contributed by atoms with Gasteiger partial charge in [-0.15, -0.1) is 5.10 Å². The Labute approximate surface area is 155 Å². The molecule has 0 spiro atoms. The molecule has 5 nitrogen and oxygen atoms in total. The molecule has 0 radical (unpaired) electrons. The Morgan fingerprint density at radius 3 is 2.81 bits per heavy atom. The van der Waals surface area contributed by atoms with Crippen molar-refractivity contribution in [2.45, 2.75) is 24.8 Å². The lowest BCUT2D eigenvalue weighted by Gasteiger charge is -2.10. The third-order valence-corrected chi connectivity index (χ3v) is 4.61. The highest BCUT2D eigenvalue weighted by Crippen LogP contribution is 2.29. The number of Topliss-reactive ketones (excluding diaryl/α,β-unsaturated/α-hetero) is 1. The summed E-state index contributed by atoms with van der Waals surface area (Å²) in [6, 6.07) is 11.8. The topological polar surface area (TPSA) is 67.9 Å². The van der Waals surface area contributed by atoms with Crippen LogP contribution in [-0.2, 0) is 5.75 Å². The number of aromatic nitrogens is 3. The predicted octanol–water partition coefficient (Wildman–Crippen LogP) is 4.50. The van der Waals surface area contributed by atoms with Crippen LogP contribution >= 0.6 is 11.8 Å². The summed E-state index contributed by atoms with van der Waals surface area (Å²) in [4.78, 5) is 16.0. The molecule has 1 heterocycles. The van der Waals surface area contributed by atoms with Gasteiger partial charge < -0.3 is 4.74 Å². The number of rotatable bonds is 7. The largest absolute Gasteiger partial charge is 0.494 e. The first-order valence-electron chi connectivity index (χ1n) is 8.15. The Balaban J connectivity index is 1.78. The summed E-state index contributed by atoms with van der Waals surface area (Å²) in [5.41, 5.74) is 1.90. The van der Waals surface area contributed by atoms with Crippen molar-refractivity contribution in [3.05, 3.63) is 59.4 Å². The number of thioether (sulfide) groups is 1. The first-order chi connectivity index (χ1) is 12.6. The molecule has 3 rings (SSSR count). The van der Waals surface area contributed by atoms with Gasteiger partial charge in [-0.3, -0.25) is 9.89 Å². The van der Waals surface area contributed by atoms with E-state index < -0.39 is 0 Å². The maximum Gasteiger partial charge on any atom is 0.209 e. The molecule has 0 bridgehead atoms. The molecule has 0 fully saturated rings. The van der Waals surface area contributed by atoms with Crippen molar-refractivity contribution in [1.29, 1.82) is 0 Å². The van der Waals surface area contributed by atoms with E-state index in [-0.39, 0.29) is 11.6 Å². The third kappa shape index (κ3) is 4.11. The molecule has 0 atom stereocenters. The minimum Gasteiger partial charge on any atom is -0.494 e. The first kappa shape index (κ1) is 18.1. The van der Waals surface area contributed by atoms with Gasteiger partial charge in [0.25, 0.3) is 0 Å². The van der Waals surface area contributed by atoms with Crippen LogP contribution in [0.4, 0.5) is 4.39 Å². The SMILES string of the molecule is CCOc1ccc(C(C)=O)cc1CSc1n[nH]c(-c2ccccc2F)n1. The normalized spacial score (nSPS) is 10.7. The van der Waals surface area contributed by atoms with Crippen LogP contribution in [0.5, 0.6) is 5.75 Å². The maximum absolute atomic E-state index is 13.9. The number of hydrogen-bond acceptors (Lipinski definition) is 5. The highest BCUT2D eigenvalue weighted by atomic mass is 32.2. The van der Waals surface area contributed by atoms with Crippen LogP contribution in [0.25, 0.3) is 11.4 Å². The number of halogens is 1. The number of nitrogens with one attached hydrogen (secondary N) is 1. The van der Waals surface area contributed by atoms with Gasteiger partial charge in [0.1, 0.15) is 11.6 Å². The zero-order valence-electron chi connectivity index (χ0n) is 14.5. The Morgan fingerprint density at radius 2 is 2.08 bits per heavy atom. The zero-order valence-corrected chi connectivity index (χ0v) is 15.3. The summed E-state index contributed by atoms with van der Waals surface area (Å²) in [5, 5.41) is 7.39. The highest BCUT2D eigenvalue weighted by molar-refractivity contribution is 7.98. The van der Waals surface area contributed by atoms with Gasteiger partial charge in [-0.1, -0.05) is 23.9 Å². The van der Waals surface area contributed by atoms with E-state index in [1.807, 2.05) is 13.0 Å². The second-order valence-electron chi connectivity index (χ2n) is 5.55. The van der Waals surface area contributed by atoms with E-state index in [2.05, 4.69) is 15.2 Å². The van der Waals surface area contributed by atoms with Gasteiger partial charge in [0.05, 0.1) is 12.2 Å². The van der Waals surface area contributed by atoms with Crippen LogP contribution in [-0.4, -0.2) is 27.6 Å². The van der Waals surface area contributed by atoms with E-state index in [0.717, 1.165) is 11.3 Å². The second kappa shape index (κ2) is 8.14. The third-order valence-electron chi connectivity index (χ3n) is 3.72. The van der Waals surface area contributed by atoms with Crippen LogP contribution < -0.4 is 4.74 Å². The molecule has 0 saturated heterocycles. The summed E-state index contributed by atoms with van der Waals surface area (Å²) in [6.07, 6.45) is 0. The second-order valence-corrected chi connectivity index (χ2v) is 6.49. The van der Waals surface area contributed by atoms with E-state index >= 15 is 0 Å².